The van der Waals surface area contributed by atoms with Crippen molar-refractivity contribution in [3.8, 4) is 6.07 Å². The summed E-state index contributed by atoms with van der Waals surface area (Å²) in [6.45, 7) is 0. The minimum absolute atomic E-state index is 0.262. The fourth-order valence-corrected chi connectivity index (χ4v) is 2.34. The Hall–Kier alpha value is -2.14. The average Bonchev–Trinajstić information content (AvgIpc) is 2.88. The zero-order valence-electron chi connectivity index (χ0n) is 10.0. The summed E-state index contributed by atoms with van der Waals surface area (Å²) < 4.78 is 0. The second kappa shape index (κ2) is 5.88. The maximum atomic E-state index is 10.8. The maximum absolute atomic E-state index is 10.8. The van der Waals surface area contributed by atoms with E-state index in [1.54, 1.807) is 23.6 Å². The Kier molecular flexibility index (Phi) is 4.20. The van der Waals surface area contributed by atoms with Crippen molar-refractivity contribution in [1.29, 1.82) is 5.26 Å². The van der Waals surface area contributed by atoms with Gasteiger partial charge in [0.1, 0.15) is 6.04 Å². The zero-order valence-corrected chi connectivity index (χ0v) is 11.6. The molecule has 0 bridgehead atoms. The summed E-state index contributed by atoms with van der Waals surface area (Å²) in [6.07, 6.45) is 0. The molecule has 4 N–H and O–H groups in total. The fraction of sp³-hybridized carbons (Fsp3) is 0.0833. The van der Waals surface area contributed by atoms with Crippen molar-refractivity contribution in [3.05, 3.63) is 39.9 Å². The van der Waals surface area contributed by atoms with E-state index in [0.717, 1.165) is 0 Å². The summed E-state index contributed by atoms with van der Waals surface area (Å²) in [4.78, 5) is 14.9. The summed E-state index contributed by atoms with van der Waals surface area (Å²) in [5.41, 5.74) is 6.71. The van der Waals surface area contributed by atoms with Crippen LogP contribution in [-0.4, -0.2) is 16.1 Å². The summed E-state index contributed by atoms with van der Waals surface area (Å²) in [7, 11) is 0. The third-order valence-electron chi connectivity index (χ3n) is 2.44. The van der Waals surface area contributed by atoms with Gasteiger partial charge in [0, 0.05) is 5.38 Å². The molecule has 0 aliphatic heterocycles. The van der Waals surface area contributed by atoms with Gasteiger partial charge in [-0.15, -0.1) is 11.3 Å². The number of aliphatic carboxylic acids is 1. The SMILES string of the molecule is N#Cc1ccc(Cl)c(Nc2nc(C(N)C(=O)O)cs2)c1. The highest BCUT2D eigenvalue weighted by Crippen LogP contribution is 2.29. The zero-order chi connectivity index (χ0) is 14.7. The third kappa shape index (κ3) is 3.05. The van der Waals surface area contributed by atoms with Gasteiger partial charge in [-0.2, -0.15) is 5.26 Å². The molecule has 0 radical (unpaired) electrons. The van der Waals surface area contributed by atoms with E-state index in [1.807, 2.05) is 6.07 Å². The van der Waals surface area contributed by atoms with Crippen LogP contribution in [-0.2, 0) is 4.79 Å². The minimum atomic E-state index is -1.16. The van der Waals surface area contributed by atoms with Crippen LogP contribution in [0.3, 0.4) is 0 Å². The number of carboxylic acids is 1. The molecule has 0 saturated heterocycles. The number of carboxylic acid groups (broad SMARTS) is 1. The normalized spacial score (nSPS) is 11.7. The lowest BCUT2D eigenvalue weighted by Crippen LogP contribution is -2.20. The van der Waals surface area contributed by atoms with E-state index in [9.17, 15) is 4.79 Å². The highest BCUT2D eigenvalue weighted by Gasteiger charge is 2.18. The van der Waals surface area contributed by atoms with Crippen LogP contribution in [0.2, 0.25) is 5.02 Å². The highest BCUT2D eigenvalue weighted by atomic mass is 35.5. The van der Waals surface area contributed by atoms with Gasteiger partial charge in [0.2, 0.25) is 0 Å². The number of benzene rings is 1. The Bertz CT molecular complexity index is 695. The molecule has 8 heteroatoms. The molecule has 2 aromatic rings. The third-order valence-corrected chi connectivity index (χ3v) is 3.55. The highest BCUT2D eigenvalue weighted by molar-refractivity contribution is 7.13. The number of aromatic nitrogens is 1. The number of nitrogens with zero attached hydrogens (tertiary/aromatic N) is 2. The second-order valence-corrected chi connectivity index (χ2v) is 5.09. The number of nitriles is 1. The number of thiazole rings is 1. The van der Waals surface area contributed by atoms with Crippen LogP contribution >= 0.6 is 22.9 Å². The molecule has 6 nitrogen and oxygen atoms in total. The van der Waals surface area contributed by atoms with E-state index in [1.165, 1.54) is 11.3 Å². The summed E-state index contributed by atoms with van der Waals surface area (Å²) in [6, 6.07) is 5.62. The van der Waals surface area contributed by atoms with Crippen molar-refractivity contribution in [2.24, 2.45) is 5.73 Å². The Morgan fingerprint density at radius 3 is 3.00 bits per heavy atom. The number of anilines is 2. The molecule has 0 aliphatic carbocycles. The Labute approximate surface area is 123 Å². The lowest BCUT2D eigenvalue weighted by atomic mass is 10.2. The van der Waals surface area contributed by atoms with Crippen LogP contribution in [0.15, 0.2) is 23.6 Å². The summed E-state index contributed by atoms with van der Waals surface area (Å²) in [5.74, 6) is -1.15. The fourth-order valence-electron chi connectivity index (χ4n) is 1.42. The Morgan fingerprint density at radius 1 is 1.60 bits per heavy atom. The van der Waals surface area contributed by atoms with E-state index in [2.05, 4.69) is 10.3 Å². The van der Waals surface area contributed by atoms with Gasteiger partial charge in [-0.1, -0.05) is 11.6 Å². The van der Waals surface area contributed by atoms with Crippen molar-refractivity contribution in [3.63, 3.8) is 0 Å². The van der Waals surface area contributed by atoms with Crippen LogP contribution in [0.5, 0.6) is 0 Å². The number of hydrogen-bond acceptors (Lipinski definition) is 6. The first kappa shape index (κ1) is 14.3. The molecule has 0 spiro atoms. The van der Waals surface area contributed by atoms with E-state index >= 15 is 0 Å². The standard InChI is InChI=1S/C12H9ClN4O2S/c13-7-2-1-6(4-14)3-8(7)16-12-17-9(5-20-12)10(15)11(18)19/h1-3,5,10H,15H2,(H,16,17)(H,18,19). The molecule has 0 aliphatic rings. The molecule has 0 fully saturated rings. The van der Waals surface area contributed by atoms with Gasteiger partial charge in [-0.3, -0.25) is 4.79 Å². The molecule has 1 unspecified atom stereocenters. The van der Waals surface area contributed by atoms with Crippen molar-refractivity contribution >= 4 is 39.7 Å². The van der Waals surface area contributed by atoms with Crippen molar-refractivity contribution in [2.45, 2.75) is 6.04 Å². The predicted octanol–water partition coefficient (Wildman–Crippen LogP) is 2.50. The molecule has 2 rings (SSSR count). The van der Waals surface area contributed by atoms with E-state index in [-0.39, 0.29) is 5.69 Å². The number of rotatable bonds is 4. The molecule has 0 amide bonds. The molecule has 1 atom stereocenters. The average molecular weight is 309 g/mol. The first-order valence-corrected chi connectivity index (χ1v) is 6.67. The van der Waals surface area contributed by atoms with Gasteiger partial charge in [-0.25, -0.2) is 4.98 Å². The van der Waals surface area contributed by atoms with Gasteiger partial charge < -0.3 is 16.2 Å². The summed E-state index contributed by atoms with van der Waals surface area (Å²) in [5, 5.41) is 23.0. The molecule has 102 valence electrons. The van der Waals surface area contributed by atoms with Crippen molar-refractivity contribution < 1.29 is 9.90 Å². The first-order chi connectivity index (χ1) is 9.51. The second-order valence-electron chi connectivity index (χ2n) is 3.82. The van der Waals surface area contributed by atoms with Crippen molar-refractivity contribution in [2.75, 3.05) is 5.32 Å². The van der Waals surface area contributed by atoms with Gasteiger partial charge in [0.15, 0.2) is 5.13 Å². The molecule has 20 heavy (non-hydrogen) atoms. The van der Waals surface area contributed by atoms with Crippen LogP contribution in [0, 0.1) is 11.3 Å². The lowest BCUT2D eigenvalue weighted by molar-refractivity contribution is -0.138. The quantitative estimate of drug-likeness (QED) is 0.800. The number of carbonyl (C=O) groups is 1. The van der Waals surface area contributed by atoms with E-state index in [4.69, 9.17) is 27.7 Å². The molecule has 1 aromatic carbocycles. The van der Waals surface area contributed by atoms with Crippen molar-refractivity contribution in [1.82, 2.24) is 4.98 Å². The number of hydrogen-bond donors (Lipinski definition) is 3. The molecular weight excluding hydrogens is 300 g/mol. The van der Waals surface area contributed by atoms with E-state index < -0.39 is 12.0 Å². The van der Waals surface area contributed by atoms with Gasteiger partial charge in [0.05, 0.1) is 28.0 Å². The number of nitrogens with two attached hydrogens (primary N) is 1. The number of nitrogens with one attached hydrogen (secondary N) is 1. The number of halogens is 1. The Balaban J connectivity index is 2.23. The van der Waals surface area contributed by atoms with Crippen LogP contribution in [0.4, 0.5) is 10.8 Å². The topological polar surface area (TPSA) is 112 Å². The monoisotopic (exact) mass is 308 g/mol. The maximum Gasteiger partial charge on any atom is 0.326 e. The largest absolute Gasteiger partial charge is 0.480 e. The van der Waals surface area contributed by atoms with Gasteiger partial charge in [0.25, 0.3) is 0 Å². The minimum Gasteiger partial charge on any atom is -0.480 e. The molecule has 1 heterocycles. The lowest BCUT2D eigenvalue weighted by Gasteiger charge is -2.05. The smallest absolute Gasteiger partial charge is 0.326 e. The van der Waals surface area contributed by atoms with Crippen LogP contribution in [0.25, 0.3) is 0 Å². The van der Waals surface area contributed by atoms with E-state index in [0.29, 0.717) is 21.4 Å². The van der Waals surface area contributed by atoms with Crippen LogP contribution in [0.1, 0.15) is 17.3 Å². The van der Waals surface area contributed by atoms with Gasteiger partial charge >= 0.3 is 5.97 Å². The predicted molar refractivity (Wildman–Crippen MR) is 76.1 cm³/mol. The van der Waals surface area contributed by atoms with Gasteiger partial charge in [-0.05, 0) is 18.2 Å². The molecular formula is C12H9ClN4O2S. The van der Waals surface area contributed by atoms with Crippen LogP contribution < -0.4 is 11.1 Å². The summed E-state index contributed by atoms with van der Waals surface area (Å²) >= 11 is 7.21. The first-order valence-electron chi connectivity index (χ1n) is 5.41. The molecule has 1 aromatic heterocycles. The molecule has 0 saturated carbocycles. The Morgan fingerprint density at radius 2 is 2.35 bits per heavy atom.